The number of nitrogens with one attached hydrogen (secondary N) is 2. The maximum atomic E-state index is 12.3. The second-order valence-electron chi connectivity index (χ2n) is 6.06. The molecule has 5 nitrogen and oxygen atoms in total. The standard InChI is InChI=1S/C20H19ClN4O/c1-13-7-14(2)9-16(8-13)25-20(26)18-11-24-19(12-22-18)23-10-15-5-3-4-6-17(15)21/h3-9,11-12H,10H2,1-2H3,(H,23,24)(H,25,26). The SMILES string of the molecule is Cc1cc(C)cc(NC(=O)c2cnc(NCc3ccccc3Cl)cn2)c1. The molecule has 0 aliphatic heterocycles. The summed E-state index contributed by atoms with van der Waals surface area (Å²) in [4.78, 5) is 20.7. The molecule has 0 unspecified atom stereocenters. The summed E-state index contributed by atoms with van der Waals surface area (Å²) in [5, 5.41) is 6.68. The summed E-state index contributed by atoms with van der Waals surface area (Å²) in [5.74, 6) is 0.285. The lowest BCUT2D eigenvalue weighted by Crippen LogP contribution is -2.14. The van der Waals surface area contributed by atoms with Crippen LogP contribution in [-0.4, -0.2) is 15.9 Å². The molecule has 1 amide bonds. The van der Waals surface area contributed by atoms with Gasteiger partial charge in [0, 0.05) is 17.3 Å². The molecule has 0 saturated heterocycles. The van der Waals surface area contributed by atoms with Gasteiger partial charge in [-0.3, -0.25) is 4.79 Å². The molecule has 2 N–H and O–H groups in total. The van der Waals surface area contributed by atoms with Gasteiger partial charge in [-0.15, -0.1) is 0 Å². The van der Waals surface area contributed by atoms with Gasteiger partial charge in [-0.2, -0.15) is 0 Å². The van der Waals surface area contributed by atoms with E-state index in [1.807, 2.05) is 50.2 Å². The minimum atomic E-state index is -0.292. The van der Waals surface area contributed by atoms with Crippen LogP contribution >= 0.6 is 11.6 Å². The zero-order chi connectivity index (χ0) is 18.5. The fraction of sp³-hybridized carbons (Fsp3) is 0.150. The number of anilines is 2. The van der Waals surface area contributed by atoms with Crippen molar-refractivity contribution in [1.82, 2.24) is 9.97 Å². The smallest absolute Gasteiger partial charge is 0.275 e. The van der Waals surface area contributed by atoms with Crippen molar-refractivity contribution in [2.75, 3.05) is 10.6 Å². The van der Waals surface area contributed by atoms with Crippen molar-refractivity contribution in [1.29, 1.82) is 0 Å². The highest BCUT2D eigenvalue weighted by molar-refractivity contribution is 6.31. The lowest BCUT2D eigenvalue weighted by atomic mass is 10.1. The number of hydrogen-bond acceptors (Lipinski definition) is 4. The predicted molar refractivity (Wildman–Crippen MR) is 105 cm³/mol. The molecule has 1 heterocycles. The minimum Gasteiger partial charge on any atom is -0.365 e. The molecule has 2 aromatic carbocycles. The molecule has 0 radical (unpaired) electrons. The molecular formula is C20H19ClN4O. The van der Waals surface area contributed by atoms with E-state index >= 15 is 0 Å². The van der Waals surface area contributed by atoms with Gasteiger partial charge in [-0.25, -0.2) is 9.97 Å². The van der Waals surface area contributed by atoms with Crippen molar-refractivity contribution in [3.63, 3.8) is 0 Å². The molecule has 0 fully saturated rings. The first-order valence-corrected chi connectivity index (χ1v) is 8.58. The molecule has 0 bridgehead atoms. The average Bonchev–Trinajstić information content (AvgIpc) is 2.60. The third-order valence-corrected chi connectivity index (χ3v) is 4.15. The van der Waals surface area contributed by atoms with Gasteiger partial charge in [-0.05, 0) is 48.7 Å². The van der Waals surface area contributed by atoms with Gasteiger partial charge >= 0.3 is 0 Å². The fourth-order valence-electron chi connectivity index (χ4n) is 2.61. The molecule has 3 rings (SSSR count). The van der Waals surface area contributed by atoms with Crippen LogP contribution in [0, 0.1) is 13.8 Å². The topological polar surface area (TPSA) is 66.9 Å². The molecule has 0 saturated carbocycles. The van der Waals surface area contributed by atoms with Crippen molar-refractivity contribution >= 4 is 29.0 Å². The summed E-state index contributed by atoms with van der Waals surface area (Å²) in [6.07, 6.45) is 2.99. The van der Waals surface area contributed by atoms with Crippen molar-refractivity contribution in [3.8, 4) is 0 Å². The summed E-state index contributed by atoms with van der Waals surface area (Å²) in [6, 6.07) is 13.5. The van der Waals surface area contributed by atoms with Crippen LogP contribution in [0.25, 0.3) is 0 Å². The largest absolute Gasteiger partial charge is 0.365 e. The highest BCUT2D eigenvalue weighted by atomic mass is 35.5. The van der Waals surface area contributed by atoms with Gasteiger partial charge in [0.1, 0.15) is 11.5 Å². The normalized spacial score (nSPS) is 10.4. The second kappa shape index (κ2) is 7.97. The van der Waals surface area contributed by atoms with Crippen LogP contribution in [0.5, 0.6) is 0 Å². The summed E-state index contributed by atoms with van der Waals surface area (Å²) < 4.78 is 0. The van der Waals surface area contributed by atoms with Crippen LogP contribution in [0.3, 0.4) is 0 Å². The summed E-state index contributed by atoms with van der Waals surface area (Å²) in [7, 11) is 0. The number of carbonyl (C=O) groups is 1. The number of aromatic nitrogens is 2. The predicted octanol–water partition coefficient (Wildman–Crippen LogP) is 4.61. The van der Waals surface area contributed by atoms with Gasteiger partial charge in [0.2, 0.25) is 0 Å². The van der Waals surface area contributed by atoms with E-state index in [0.29, 0.717) is 17.4 Å². The molecule has 132 valence electrons. The minimum absolute atomic E-state index is 0.257. The number of hydrogen-bond donors (Lipinski definition) is 2. The van der Waals surface area contributed by atoms with E-state index < -0.39 is 0 Å². The number of amides is 1. The Morgan fingerprint density at radius 3 is 2.42 bits per heavy atom. The lowest BCUT2D eigenvalue weighted by molar-refractivity contribution is 0.102. The Morgan fingerprint density at radius 1 is 1.04 bits per heavy atom. The van der Waals surface area contributed by atoms with E-state index in [1.165, 1.54) is 12.4 Å². The van der Waals surface area contributed by atoms with Crippen LogP contribution < -0.4 is 10.6 Å². The molecule has 0 aliphatic rings. The third-order valence-electron chi connectivity index (χ3n) is 3.78. The Morgan fingerprint density at radius 2 is 1.77 bits per heavy atom. The van der Waals surface area contributed by atoms with Crippen LogP contribution in [0.4, 0.5) is 11.5 Å². The van der Waals surface area contributed by atoms with Crippen molar-refractivity contribution in [2.24, 2.45) is 0 Å². The maximum absolute atomic E-state index is 12.3. The van der Waals surface area contributed by atoms with Crippen LogP contribution in [0.2, 0.25) is 5.02 Å². The van der Waals surface area contributed by atoms with Crippen LogP contribution in [0.1, 0.15) is 27.2 Å². The van der Waals surface area contributed by atoms with Gasteiger partial charge < -0.3 is 10.6 Å². The maximum Gasteiger partial charge on any atom is 0.275 e. The molecule has 6 heteroatoms. The lowest BCUT2D eigenvalue weighted by Gasteiger charge is -2.09. The third kappa shape index (κ3) is 4.58. The number of carbonyl (C=O) groups excluding carboxylic acids is 1. The van der Waals surface area contributed by atoms with E-state index in [2.05, 4.69) is 26.7 Å². The van der Waals surface area contributed by atoms with E-state index in [4.69, 9.17) is 11.6 Å². The average molecular weight is 367 g/mol. The first-order chi connectivity index (χ1) is 12.5. The van der Waals surface area contributed by atoms with Crippen LogP contribution in [0.15, 0.2) is 54.9 Å². The zero-order valence-corrected chi connectivity index (χ0v) is 15.3. The van der Waals surface area contributed by atoms with Crippen LogP contribution in [-0.2, 0) is 6.54 Å². The highest BCUT2D eigenvalue weighted by Gasteiger charge is 2.09. The monoisotopic (exact) mass is 366 g/mol. The molecule has 0 aliphatic carbocycles. The molecule has 0 atom stereocenters. The van der Waals surface area contributed by atoms with E-state index in [9.17, 15) is 4.79 Å². The molecule has 3 aromatic rings. The number of halogens is 1. The van der Waals surface area contributed by atoms with Crippen molar-refractivity contribution < 1.29 is 4.79 Å². The quantitative estimate of drug-likeness (QED) is 0.691. The van der Waals surface area contributed by atoms with Crippen molar-refractivity contribution in [2.45, 2.75) is 20.4 Å². The van der Waals surface area contributed by atoms with E-state index in [0.717, 1.165) is 22.4 Å². The van der Waals surface area contributed by atoms with E-state index in [1.54, 1.807) is 0 Å². The fourth-order valence-corrected chi connectivity index (χ4v) is 2.81. The number of benzene rings is 2. The Hall–Kier alpha value is -2.92. The Kier molecular flexibility index (Phi) is 5.49. The van der Waals surface area contributed by atoms with Crippen molar-refractivity contribution in [3.05, 3.63) is 82.3 Å². The molecule has 26 heavy (non-hydrogen) atoms. The van der Waals surface area contributed by atoms with Gasteiger partial charge in [-0.1, -0.05) is 35.9 Å². The number of aryl methyl sites for hydroxylation is 2. The highest BCUT2D eigenvalue weighted by Crippen LogP contribution is 2.17. The van der Waals surface area contributed by atoms with Gasteiger partial charge in [0.05, 0.1) is 12.4 Å². The molecule has 1 aromatic heterocycles. The first-order valence-electron chi connectivity index (χ1n) is 8.20. The number of nitrogens with zero attached hydrogens (tertiary/aromatic N) is 2. The summed E-state index contributed by atoms with van der Waals surface area (Å²) in [5.41, 5.74) is 4.14. The van der Waals surface area contributed by atoms with E-state index in [-0.39, 0.29) is 11.6 Å². The van der Waals surface area contributed by atoms with Gasteiger partial charge in [0.25, 0.3) is 5.91 Å². The second-order valence-corrected chi connectivity index (χ2v) is 6.47. The number of rotatable bonds is 5. The zero-order valence-electron chi connectivity index (χ0n) is 14.6. The summed E-state index contributed by atoms with van der Waals surface area (Å²) >= 11 is 6.13. The van der Waals surface area contributed by atoms with Gasteiger partial charge in [0.15, 0.2) is 0 Å². The summed E-state index contributed by atoms with van der Waals surface area (Å²) in [6.45, 7) is 4.51. The molecular weight excluding hydrogens is 348 g/mol. The Bertz CT molecular complexity index is 905. The first kappa shape index (κ1) is 17.9. The Balaban J connectivity index is 1.63. The Labute approximate surface area is 157 Å². The molecule has 0 spiro atoms.